The van der Waals surface area contributed by atoms with Crippen LogP contribution >= 0.6 is 0 Å². The number of guanidine groups is 1. The number of hydroxylamine groups is 2. The van der Waals surface area contributed by atoms with E-state index in [2.05, 4.69) is 9.98 Å². The van der Waals surface area contributed by atoms with E-state index in [1.165, 1.54) is 19.2 Å². The van der Waals surface area contributed by atoms with Gasteiger partial charge in [-0.05, 0) is 23.8 Å². The van der Waals surface area contributed by atoms with Crippen LogP contribution in [0.2, 0.25) is 0 Å². The molecule has 3 rings (SSSR count). The molecule has 0 radical (unpaired) electrons. The van der Waals surface area contributed by atoms with E-state index in [4.69, 9.17) is 10.6 Å². The Balaban J connectivity index is 1.76. The van der Waals surface area contributed by atoms with Crippen LogP contribution < -0.4 is 5.73 Å². The van der Waals surface area contributed by atoms with Gasteiger partial charge in [0.05, 0.1) is 5.56 Å². The number of hydrogen-bond donors (Lipinski definition) is 2. The predicted molar refractivity (Wildman–Crippen MR) is 98.2 cm³/mol. The fraction of sp³-hybridized carbons (Fsp3) is 0.158. The number of carbonyl (C=O) groups is 1. The second-order valence-electron chi connectivity index (χ2n) is 5.98. The number of carbonyl (C=O) groups excluding carboxylic acids is 1. The van der Waals surface area contributed by atoms with Crippen molar-refractivity contribution < 1.29 is 22.8 Å². The number of benzene rings is 2. The number of nitrogens with one attached hydrogen (secondary N) is 1. The third kappa shape index (κ3) is 4.32. The number of hydrogen-bond acceptors (Lipinski definition) is 2. The van der Waals surface area contributed by atoms with Gasteiger partial charge in [0.15, 0.2) is 0 Å². The molecule has 3 aromatic rings. The van der Waals surface area contributed by atoms with Crippen LogP contribution in [0.25, 0.3) is 10.9 Å². The summed E-state index contributed by atoms with van der Waals surface area (Å²) in [6, 6.07) is 14.1. The van der Waals surface area contributed by atoms with E-state index in [0.717, 1.165) is 22.8 Å². The minimum Gasteiger partial charge on any atom is -0.368 e. The molecule has 6 nitrogen and oxygen atoms in total. The Morgan fingerprint density at radius 2 is 1.89 bits per heavy atom. The molecule has 0 aliphatic carbocycles. The summed E-state index contributed by atoms with van der Waals surface area (Å²) in [6.07, 6.45) is -4.53. The van der Waals surface area contributed by atoms with E-state index in [1.807, 2.05) is 30.3 Å². The normalized spacial score (nSPS) is 12.4. The number of aromatic amines is 1. The van der Waals surface area contributed by atoms with Crippen molar-refractivity contribution in [2.24, 2.45) is 10.7 Å². The van der Waals surface area contributed by atoms with E-state index in [1.54, 1.807) is 0 Å². The first-order chi connectivity index (χ1) is 13.3. The molecular weight excluding hydrogens is 373 g/mol. The van der Waals surface area contributed by atoms with Crippen molar-refractivity contribution in [3.05, 3.63) is 71.4 Å². The van der Waals surface area contributed by atoms with Crippen LogP contribution in [0.3, 0.4) is 0 Å². The third-order valence-corrected chi connectivity index (χ3v) is 4.01. The number of aromatic nitrogens is 1. The summed E-state index contributed by atoms with van der Waals surface area (Å²) in [5.74, 6) is -1.03. The van der Waals surface area contributed by atoms with Gasteiger partial charge in [0.2, 0.25) is 5.96 Å². The molecule has 0 aliphatic rings. The molecule has 0 atom stereocenters. The lowest BCUT2D eigenvalue weighted by atomic mass is 10.1. The first kappa shape index (κ1) is 19.4. The van der Waals surface area contributed by atoms with E-state index >= 15 is 0 Å². The van der Waals surface area contributed by atoms with E-state index in [-0.39, 0.29) is 29.2 Å². The minimum atomic E-state index is -4.53. The highest BCUT2D eigenvalue weighted by Crippen LogP contribution is 2.35. The highest BCUT2D eigenvalue weighted by atomic mass is 19.4. The van der Waals surface area contributed by atoms with Crippen molar-refractivity contribution in [2.75, 3.05) is 7.05 Å². The lowest BCUT2D eigenvalue weighted by Crippen LogP contribution is -2.34. The highest BCUT2D eigenvalue weighted by Gasteiger charge is 2.33. The zero-order valence-corrected chi connectivity index (χ0v) is 14.8. The molecule has 3 N–H and O–H groups in total. The van der Waals surface area contributed by atoms with Gasteiger partial charge in [0.25, 0.3) is 5.91 Å². The SMILES string of the molecule is CN(OCc1ccccc1)C(N)=NC(=O)c1cc2c(C(F)(F)F)cccc2[nH]1. The Morgan fingerprint density at radius 3 is 2.57 bits per heavy atom. The maximum absolute atomic E-state index is 13.1. The van der Waals surface area contributed by atoms with Crippen molar-refractivity contribution in [3.8, 4) is 0 Å². The summed E-state index contributed by atoms with van der Waals surface area (Å²) >= 11 is 0. The Labute approximate surface area is 158 Å². The summed E-state index contributed by atoms with van der Waals surface area (Å²) in [4.78, 5) is 24.0. The van der Waals surface area contributed by atoms with Crippen molar-refractivity contribution in [1.82, 2.24) is 10.0 Å². The smallest absolute Gasteiger partial charge is 0.368 e. The van der Waals surface area contributed by atoms with Gasteiger partial charge in [0, 0.05) is 18.0 Å². The average molecular weight is 390 g/mol. The number of alkyl halides is 3. The van der Waals surface area contributed by atoms with Gasteiger partial charge in [-0.25, -0.2) is 5.06 Å². The van der Waals surface area contributed by atoms with E-state index in [0.29, 0.717) is 0 Å². The lowest BCUT2D eigenvalue weighted by Gasteiger charge is -2.17. The zero-order chi connectivity index (χ0) is 20.3. The number of rotatable bonds is 4. The Kier molecular flexibility index (Phi) is 5.36. The standard InChI is InChI=1S/C19H17F3N4O2/c1-26(28-11-12-6-3-2-4-7-12)18(23)25-17(27)16-10-13-14(19(20,21)22)8-5-9-15(13)24-16/h2-10,24H,11H2,1H3,(H2,23,25,27). The molecule has 146 valence electrons. The lowest BCUT2D eigenvalue weighted by molar-refractivity contribution is -0.136. The molecule has 1 heterocycles. The Bertz CT molecular complexity index is 1010. The molecule has 1 amide bonds. The molecule has 28 heavy (non-hydrogen) atoms. The van der Waals surface area contributed by atoms with Crippen LogP contribution in [-0.4, -0.2) is 29.0 Å². The zero-order valence-electron chi connectivity index (χ0n) is 14.8. The molecule has 9 heteroatoms. The third-order valence-electron chi connectivity index (χ3n) is 4.01. The van der Waals surface area contributed by atoms with Gasteiger partial charge in [-0.15, -0.1) is 0 Å². The number of fused-ring (bicyclic) bond motifs is 1. The fourth-order valence-electron chi connectivity index (χ4n) is 2.56. The summed E-state index contributed by atoms with van der Waals surface area (Å²) in [5.41, 5.74) is 5.88. The fourth-order valence-corrected chi connectivity index (χ4v) is 2.56. The van der Waals surface area contributed by atoms with Crippen molar-refractivity contribution in [1.29, 1.82) is 0 Å². The molecule has 0 saturated carbocycles. The quantitative estimate of drug-likeness (QED) is 0.404. The van der Waals surface area contributed by atoms with Crippen LogP contribution in [0.4, 0.5) is 13.2 Å². The minimum absolute atomic E-state index is 0.105. The number of nitrogens with two attached hydrogens (primary N) is 1. The van der Waals surface area contributed by atoms with Crippen molar-refractivity contribution in [3.63, 3.8) is 0 Å². The van der Waals surface area contributed by atoms with Crippen LogP contribution in [0.15, 0.2) is 59.6 Å². The van der Waals surface area contributed by atoms with Crippen LogP contribution in [0.1, 0.15) is 21.6 Å². The van der Waals surface area contributed by atoms with Crippen molar-refractivity contribution >= 4 is 22.8 Å². The maximum atomic E-state index is 13.1. The van der Waals surface area contributed by atoms with Gasteiger partial charge in [-0.1, -0.05) is 36.4 Å². The van der Waals surface area contributed by atoms with Gasteiger partial charge < -0.3 is 10.7 Å². The maximum Gasteiger partial charge on any atom is 0.417 e. The van der Waals surface area contributed by atoms with Crippen LogP contribution in [0, 0.1) is 0 Å². The van der Waals surface area contributed by atoms with Crippen LogP contribution in [-0.2, 0) is 17.6 Å². The number of amides is 1. The number of nitrogens with zero attached hydrogens (tertiary/aromatic N) is 2. The van der Waals surface area contributed by atoms with Gasteiger partial charge in [-0.2, -0.15) is 18.2 Å². The highest BCUT2D eigenvalue weighted by molar-refractivity contribution is 6.04. The number of halogens is 3. The molecule has 1 aromatic heterocycles. The average Bonchev–Trinajstić information content (AvgIpc) is 3.10. The summed E-state index contributed by atoms with van der Waals surface area (Å²) in [6.45, 7) is 0.211. The number of H-pyrrole nitrogens is 1. The second kappa shape index (κ2) is 7.73. The molecule has 0 fully saturated rings. The van der Waals surface area contributed by atoms with Gasteiger partial charge in [-0.3, -0.25) is 9.63 Å². The molecule has 0 saturated heterocycles. The number of aliphatic imine (C=N–C) groups is 1. The molecular formula is C19H17F3N4O2. The summed E-state index contributed by atoms with van der Waals surface area (Å²) in [7, 11) is 1.47. The largest absolute Gasteiger partial charge is 0.417 e. The first-order valence-corrected chi connectivity index (χ1v) is 8.23. The van der Waals surface area contributed by atoms with E-state index < -0.39 is 17.6 Å². The second-order valence-corrected chi connectivity index (χ2v) is 5.98. The van der Waals surface area contributed by atoms with Crippen LogP contribution in [0.5, 0.6) is 0 Å². The monoisotopic (exact) mass is 390 g/mol. The van der Waals surface area contributed by atoms with Gasteiger partial charge >= 0.3 is 6.18 Å². The molecule has 0 spiro atoms. The molecule has 2 aromatic carbocycles. The Morgan fingerprint density at radius 1 is 1.18 bits per heavy atom. The topological polar surface area (TPSA) is 83.7 Å². The molecule has 0 bridgehead atoms. The van der Waals surface area contributed by atoms with E-state index in [9.17, 15) is 18.0 Å². The first-order valence-electron chi connectivity index (χ1n) is 8.23. The Hall–Kier alpha value is -3.33. The molecule has 0 unspecified atom stereocenters. The summed E-state index contributed by atoms with van der Waals surface area (Å²) in [5, 5.41) is 1.01. The van der Waals surface area contributed by atoms with Gasteiger partial charge in [0.1, 0.15) is 12.3 Å². The summed E-state index contributed by atoms with van der Waals surface area (Å²) < 4.78 is 39.3. The predicted octanol–water partition coefficient (Wildman–Crippen LogP) is 3.71. The molecule has 0 aliphatic heterocycles. The van der Waals surface area contributed by atoms with Crippen molar-refractivity contribution in [2.45, 2.75) is 12.8 Å².